The highest BCUT2D eigenvalue weighted by atomic mass is 16.6. The Morgan fingerprint density at radius 1 is 0.864 bits per heavy atom. The van der Waals surface area contributed by atoms with E-state index in [4.69, 9.17) is 9.47 Å². The SMILES string of the molecule is COc1ccc(CC(=O)CCc2ccc(N(C)C(=O)CCN3CCC(OC(=O)Nc4ccccc4-c4ccccc4)CC3)cc2)cc1CC(C)CC[C@H](O)c1ccc(O)c2[nH]c(=O)ccc12. The lowest BCUT2D eigenvalue weighted by atomic mass is 9.91. The van der Waals surface area contributed by atoms with E-state index in [2.05, 4.69) is 22.1 Å². The first-order valence-electron chi connectivity index (χ1n) is 22.8. The van der Waals surface area contributed by atoms with Gasteiger partial charge in [0, 0.05) is 68.6 Å². The van der Waals surface area contributed by atoms with Gasteiger partial charge in [0.05, 0.1) is 24.4 Å². The first-order valence-corrected chi connectivity index (χ1v) is 22.8. The molecule has 1 saturated heterocycles. The largest absolute Gasteiger partial charge is 0.506 e. The first kappa shape index (κ1) is 47.2. The number of carbonyl (C=O) groups excluding carboxylic acids is 3. The number of hydrogen-bond donors (Lipinski definition) is 4. The fourth-order valence-corrected chi connectivity index (χ4v) is 8.78. The number of aryl methyl sites for hydroxylation is 1. The zero-order chi connectivity index (χ0) is 46.6. The Kier molecular flexibility index (Phi) is 16.0. The number of pyridine rings is 1. The lowest BCUT2D eigenvalue weighted by Gasteiger charge is -2.31. The van der Waals surface area contributed by atoms with Crippen molar-refractivity contribution in [3.63, 3.8) is 0 Å². The number of rotatable bonds is 19. The van der Waals surface area contributed by atoms with E-state index in [9.17, 15) is 29.4 Å². The Morgan fingerprint density at radius 2 is 1.59 bits per heavy atom. The lowest BCUT2D eigenvalue weighted by Crippen LogP contribution is -2.40. The van der Waals surface area contributed by atoms with Gasteiger partial charge in [-0.05, 0) is 109 Å². The predicted molar refractivity (Wildman–Crippen MR) is 259 cm³/mol. The van der Waals surface area contributed by atoms with Crippen LogP contribution in [0.1, 0.15) is 73.8 Å². The van der Waals surface area contributed by atoms with Gasteiger partial charge in [0.2, 0.25) is 11.5 Å². The number of ether oxygens (including phenoxy) is 2. The summed E-state index contributed by atoms with van der Waals surface area (Å²) in [4.78, 5) is 57.6. The molecule has 1 unspecified atom stereocenters. The average Bonchev–Trinajstić information content (AvgIpc) is 3.33. The molecule has 7 rings (SSSR count). The molecule has 2 atom stereocenters. The van der Waals surface area contributed by atoms with Crippen LogP contribution in [0.3, 0.4) is 0 Å². The quantitative estimate of drug-likeness (QED) is 0.0621. The van der Waals surface area contributed by atoms with Gasteiger partial charge in [-0.2, -0.15) is 0 Å². The second kappa shape index (κ2) is 22.4. The van der Waals surface area contributed by atoms with Gasteiger partial charge in [0.1, 0.15) is 23.4 Å². The Morgan fingerprint density at radius 3 is 2.35 bits per heavy atom. The molecule has 1 aromatic heterocycles. The van der Waals surface area contributed by atoms with E-state index >= 15 is 0 Å². The summed E-state index contributed by atoms with van der Waals surface area (Å²) < 4.78 is 11.5. The number of Topliss-reactive ketones (excluding diaryl/α,β-unsaturated/α-hetero) is 1. The Balaban J connectivity index is 0.812. The molecule has 2 amide bonds. The molecule has 0 radical (unpaired) electrons. The molecule has 66 heavy (non-hydrogen) atoms. The summed E-state index contributed by atoms with van der Waals surface area (Å²) in [5, 5.41) is 24.9. The number of hydrogen-bond acceptors (Lipinski definition) is 9. The fraction of sp³-hybridized carbons (Fsp3) is 0.333. The number of amides is 2. The van der Waals surface area contributed by atoms with Crippen molar-refractivity contribution in [1.29, 1.82) is 0 Å². The van der Waals surface area contributed by atoms with Gasteiger partial charge in [0.25, 0.3) is 0 Å². The molecular formula is C54H60N4O8. The maximum Gasteiger partial charge on any atom is 0.411 e. The predicted octanol–water partition coefficient (Wildman–Crippen LogP) is 9.41. The number of phenols is 1. The van der Waals surface area contributed by atoms with E-state index < -0.39 is 12.2 Å². The first-order chi connectivity index (χ1) is 31.9. The van der Waals surface area contributed by atoms with Crippen LogP contribution < -0.4 is 20.5 Å². The number of ketones is 1. The molecule has 12 nitrogen and oxygen atoms in total. The van der Waals surface area contributed by atoms with Crippen LogP contribution in [0.15, 0.2) is 126 Å². The van der Waals surface area contributed by atoms with Crippen molar-refractivity contribution in [3.8, 4) is 22.6 Å². The van der Waals surface area contributed by atoms with Crippen molar-refractivity contribution in [2.24, 2.45) is 5.92 Å². The third-order valence-electron chi connectivity index (χ3n) is 12.6. The highest BCUT2D eigenvalue weighted by Crippen LogP contribution is 2.33. The van der Waals surface area contributed by atoms with Gasteiger partial charge >= 0.3 is 6.09 Å². The van der Waals surface area contributed by atoms with Crippen molar-refractivity contribution >= 4 is 40.1 Å². The maximum atomic E-state index is 13.2. The second-order valence-corrected chi connectivity index (χ2v) is 17.4. The number of aromatic hydroxyl groups is 1. The summed E-state index contributed by atoms with van der Waals surface area (Å²) in [5.74, 6) is 1.05. The maximum absolute atomic E-state index is 13.2. The summed E-state index contributed by atoms with van der Waals surface area (Å²) in [6, 6.07) is 37.5. The number of methoxy groups -OCH3 is 1. The molecule has 12 heteroatoms. The zero-order valence-electron chi connectivity index (χ0n) is 38.0. The van der Waals surface area contributed by atoms with Crippen LogP contribution in [0.5, 0.6) is 11.5 Å². The molecule has 1 fully saturated rings. The number of fused-ring (bicyclic) bond motifs is 1. The van der Waals surface area contributed by atoms with E-state index in [0.29, 0.717) is 86.5 Å². The minimum atomic E-state index is -0.779. The van der Waals surface area contributed by atoms with Gasteiger partial charge in [-0.15, -0.1) is 0 Å². The number of nitrogens with one attached hydrogen (secondary N) is 2. The number of carbonyl (C=O) groups is 3. The molecule has 6 aromatic rings. The molecule has 5 aromatic carbocycles. The van der Waals surface area contributed by atoms with Crippen molar-refractivity contribution < 1.29 is 34.1 Å². The Hall–Kier alpha value is -6.76. The van der Waals surface area contributed by atoms with Gasteiger partial charge in [-0.3, -0.25) is 19.7 Å². The number of aromatic amines is 1. The Bertz CT molecular complexity index is 2660. The number of nitrogens with zero attached hydrogens (tertiary/aromatic N) is 2. The number of para-hydroxylation sites is 1. The number of phenolic OH excluding ortho intramolecular Hbond substituents is 1. The van der Waals surface area contributed by atoms with Crippen LogP contribution in [0, 0.1) is 5.92 Å². The van der Waals surface area contributed by atoms with E-state index in [1.165, 1.54) is 12.1 Å². The van der Waals surface area contributed by atoms with Gasteiger partial charge in [0.15, 0.2) is 0 Å². The van der Waals surface area contributed by atoms with E-state index in [1.54, 1.807) is 31.2 Å². The summed E-state index contributed by atoms with van der Waals surface area (Å²) in [6.07, 6.45) is 3.52. The topological polar surface area (TPSA) is 162 Å². The molecule has 0 spiro atoms. The van der Waals surface area contributed by atoms with Crippen LogP contribution >= 0.6 is 0 Å². The highest BCUT2D eigenvalue weighted by molar-refractivity contribution is 5.93. The van der Waals surface area contributed by atoms with Crippen LogP contribution in [-0.2, 0) is 33.6 Å². The standard InChI is InChI=1S/C54H60N4O8/c1-36(13-23-48(60)45-21-24-49(61)53-46(45)22-26-51(62)56-53)33-40-34-38(17-25-50(40)65-3)35-42(59)20-16-37-14-18-41(19-15-37)57(2)52(63)29-32-58-30-27-43(28-31-58)66-54(64)55-47-12-8-7-11-44(47)39-9-5-4-6-10-39/h4-12,14-15,17-19,21-22,24-26,34,36,43,48,60-61H,13,16,20,23,27-33,35H2,1-3H3,(H,55,64)(H,56,62)/t36?,48-/m0/s1. The molecule has 0 saturated carbocycles. The minimum absolute atomic E-state index is 0.0148. The minimum Gasteiger partial charge on any atom is -0.506 e. The molecule has 4 N–H and O–H groups in total. The highest BCUT2D eigenvalue weighted by Gasteiger charge is 2.24. The summed E-state index contributed by atoms with van der Waals surface area (Å²) in [7, 11) is 3.42. The molecular weight excluding hydrogens is 833 g/mol. The van der Waals surface area contributed by atoms with Crippen molar-refractivity contribution in [1.82, 2.24) is 9.88 Å². The number of piperidine rings is 1. The zero-order valence-corrected chi connectivity index (χ0v) is 38.0. The molecule has 1 aliphatic heterocycles. The molecule has 2 heterocycles. The number of H-pyrrole nitrogens is 1. The number of aliphatic hydroxyl groups is 1. The fourth-order valence-electron chi connectivity index (χ4n) is 8.78. The number of aliphatic hydroxyl groups excluding tert-OH is 1. The van der Waals surface area contributed by atoms with Crippen molar-refractivity contribution in [2.75, 3.05) is 44.0 Å². The summed E-state index contributed by atoms with van der Waals surface area (Å²) in [5.41, 5.74) is 7.03. The number of aromatic nitrogens is 1. The normalized spacial score (nSPS) is 14.1. The van der Waals surface area contributed by atoms with E-state index in [-0.39, 0.29) is 35.0 Å². The lowest BCUT2D eigenvalue weighted by molar-refractivity contribution is -0.119. The van der Waals surface area contributed by atoms with E-state index in [0.717, 1.165) is 52.3 Å². The summed E-state index contributed by atoms with van der Waals surface area (Å²) >= 11 is 0. The monoisotopic (exact) mass is 892 g/mol. The Labute approximate surface area is 386 Å². The summed E-state index contributed by atoms with van der Waals surface area (Å²) in [6.45, 7) is 4.22. The van der Waals surface area contributed by atoms with Crippen molar-refractivity contribution in [3.05, 3.63) is 154 Å². The molecule has 1 aliphatic rings. The third-order valence-corrected chi connectivity index (χ3v) is 12.6. The number of benzene rings is 5. The number of anilines is 2. The van der Waals surface area contributed by atoms with Crippen molar-refractivity contribution in [2.45, 2.75) is 76.9 Å². The van der Waals surface area contributed by atoms with E-state index in [1.807, 2.05) is 97.1 Å². The smallest absolute Gasteiger partial charge is 0.411 e. The molecule has 344 valence electrons. The number of likely N-dealkylation sites (tertiary alicyclic amines) is 1. The van der Waals surface area contributed by atoms with Gasteiger partial charge in [-0.25, -0.2) is 4.79 Å². The van der Waals surface area contributed by atoms with Crippen LogP contribution in [0.2, 0.25) is 0 Å². The molecule has 0 bridgehead atoms. The van der Waals surface area contributed by atoms with Crippen LogP contribution in [-0.4, -0.2) is 77.8 Å². The van der Waals surface area contributed by atoms with Crippen LogP contribution in [0.25, 0.3) is 22.0 Å². The third kappa shape index (κ3) is 12.5. The molecule has 0 aliphatic carbocycles. The van der Waals surface area contributed by atoms with Gasteiger partial charge < -0.3 is 34.5 Å². The van der Waals surface area contributed by atoms with Crippen LogP contribution in [0.4, 0.5) is 16.2 Å². The average molecular weight is 893 g/mol. The van der Waals surface area contributed by atoms with Gasteiger partial charge in [-0.1, -0.05) is 85.8 Å². The second-order valence-electron chi connectivity index (χ2n) is 17.4.